The molecule has 4 nitrogen and oxygen atoms in total. The molecule has 0 bridgehead atoms. The zero-order valence-corrected chi connectivity index (χ0v) is 11.6. The van der Waals surface area contributed by atoms with Gasteiger partial charge in [0, 0.05) is 12.7 Å². The van der Waals surface area contributed by atoms with Crippen molar-refractivity contribution in [1.82, 2.24) is 0 Å². The smallest absolute Gasteiger partial charge is 0.147 e. The molecule has 1 aromatic rings. The molecule has 1 rings (SSSR count). The van der Waals surface area contributed by atoms with E-state index >= 15 is 0 Å². The van der Waals surface area contributed by atoms with Crippen molar-refractivity contribution in [2.24, 2.45) is 0 Å². The first-order valence-electron chi connectivity index (χ1n) is 5.92. The summed E-state index contributed by atoms with van der Waals surface area (Å²) >= 11 is 0. The lowest BCUT2D eigenvalue weighted by atomic mass is 10.2. The van der Waals surface area contributed by atoms with Crippen LogP contribution in [0.25, 0.3) is 0 Å². The molecule has 0 aliphatic heterocycles. The molecule has 0 amide bonds. The molecule has 102 valence electrons. The number of benzene rings is 1. The molecule has 5 heteroatoms. The first-order chi connectivity index (χ1) is 8.37. The lowest BCUT2D eigenvalue weighted by Crippen LogP contribution is -2.16. The Kier molecular flexibility index (Phi) is 5.62. The molecule has 1 unspecified atom stereocenters. The molecule has 0 fully saturated rings. The Balaban J connectivity index is 2.25. The minimum absolute atomic E-state index is 0.0125. The number of aryl methyl sites for hydroxylation is 1. The fraction of sp³-hybridized carbons (Fsp3) is 0.538. The molecule has 1 atom stereocenters. The lowest BCUT2D eigenvalue weighted by Gasteiger charge is -2.11. The van der Waals surface area contributed by atoms with Gasteiger partial charge in [0.25, 0.3) is 0 Å². The number of rotatable bonds is 7. The molecule has 0 heterocycles. The molecule has 0 aliphatic carbocycles. The Hall–Kier alpha value is -1.07. The van der Waals surface area contributed by atoms with Crippen molar-refractivity contribution in [2.75, 3.05) is 18.6 Å². The zero-order valence-electron chi connectivity index (χ0n) is 10.8. The van der Waals surface area contributed by atoms with Gasteiger partial charge in [-0.05, 0) is 31.0 Å². The lowest BCUT2D eigenvalue weighted by molar-refractivity contribution is 0.136. The van der Waals surface area contributed by atoms with E-state index in [0.29, 0.717) is 13.0 Å². The molecule has 1 aromatic carbocycles. The highest BCUT2D eigenvalue weighted by molar-refractivity contribution is 7.90. The van der Waals surface area contributed by atoms with E-state index in [9.17, 15) is 13.5 Å². The normalized spacial score (nSPS) is 13.3. The van der Waals surface area contributed by atoms with Crippen LogP contribution in [-0.4, -0.2) is 38.2 Å². The van der Waals surface area contributed by atoms with Crippen LogP contribution in [0.1, 0.15) is 18.4 Å². The van der Waals surface area contributed by atoms with E-state index < -0.39 is 15.9 Å². The third-order valence-electron chi connectivity index (χ3n) is 2.53. The predicted molar refractivity (Wildman–Crippen MR) is 71.6 cm³/mol. The second kappa shape index (κ2) is 6.75. The summed E-state index contributed by atoms with van der Waals surface area (Å²) in [6, 6.07) is 7.66. The van der Waals surface area contributed by atoms with Crippen LogP contribution in [-0.2, 0) is 9.84 Å². The monoisotopic (exact) mass is 272 g/mol. The average Bonchev–Trinajstić information content (AvgIpc) is 2.25. The Bertz CT molecular complexity index is 468. The molecule has 1 N–H and O–H groups in total. The molecule has 0 aromatic heterocycles. The van der Waals surface area contributed by atoms with Gasteiger partial charge < -0.3 is 9.84 Å². The van der Waals surface area contributed by atoms with Crippen molar-refractivity contribution >= 4 is 9.84 Å². The summed E-state index contributed by atoms with van der Waals surface area (Å²) in [4.78, 5) is 0. The second-order valence-corrected chi connectivity index (χ2v) is 6.79. The van der Waals surface area contributed by atoms with Gasteiger partial charge in [-0.15, -0.1) is 0 Å². The molecule has 0 saturated heterocycles. The largest absolute Gasteiger partial charge is 0.493 e. The number of hydrogen-bond donors (Lipinski definition) is 1. The Labute approximate surface area is 109 Å². The van der Waals surface area contributed by atoms with Gasteiger partial charge in [-0.25, -0.2) is 8.42 Å². The topological polar surface area (TPSA) is 63.6 Å². The summed E-state index contributed by atoms with van der Waals surface area (Å²) in [6.07, 6.45) is 1.23. The van der Waals surface area contributed by atoms with Crippen LogP contribution >= 0.6 is 0 Å². The Morgan fingerprint density at radius 2 is 2.06 bits per heavy atom. The van der Waals surface area contributed by atoms with E-state index in [0.717, 1.165) is 11.3 Å². The van der Waals surface area contributed by atoms with Crippen molar-refractivity contribution in [3.8, 4) is 5.75 Å². The van der Waals surface area contributed by atoms with E-state index in [1.165, 1.54) is 6.26 Å². The van der Waals surface area contributed by atoms with E-state index in [4.69, 9.17) is 4.74 Å². The van der Waals surface area contributed by atoms with E-state index in [2.05, 4.69) is 0 Å². The number of aliphatic hydroxyl groups is 1. The van der Waals surface area contributed by atoms with Gasteiger partial charge in [0.05, 0.1) is 18.5 Å². The van der Waals surface area contributed by atoms with Crippen LogP contribution in [0, 0.1) is 6.92 Å². The molecule has 0 spiro atoms. The van der Waals surface area contributed by atoms with Gasteiger partial charge in [0.1, 0.15) is 15.6 Å². The summed E-state index contributed by atoms with van der Waals surface area (Å²) in [5.74, 6) is 0.781. The molecular weight excluding hydrogens is 252 g/mol. The van der Waals surface area contributed by atoms with Gasteiger partial charge in [-0.2, -0.15) is 0 Å². The first-order valence-corrected chi connectivity index (χ1v) is 7.98. The summed E-state index contributed by atoms with van der Waals surface area (Å²) in [5, 5.41) is 9.60. The molecule has 0 radical (unpaired) electrons. The van der Waals surface area contributed by atoms with Gasteiger partial charge in [0.2, 0.25) is 0 Å². The van der Waals surface area contributed by atoms with Crippen LogP contribution in [0.4, 0.5) is 0 Å². The summed E-state index contributed by atoms with van der Waals surface area (Å²) < 4.78 is 27.3. The fourth-order valence-electron chi connectivity index (χ4n) is 1.51. The first kappa shape index (κ1) is 15.0. The third kappa shape index (κ3) is 6.61. The van der Waals surface area contributed by atoms with Crippen molar-refractivity contribution < 1.29 is 18.3 Å². The third-order valence-corrected chi connectivity index (χ3v) is 3.51. The van der Waals surface area contributed by atoms with Crippen molar-refractivity contribution in [3.05, 3.63) is 29.8 Å². The van der Waals surface area contributed by atoms with E-state index in [1.807, 2.05) is 31.2 Å². The molecular formula is C13H20O4S. The maximum Gasteiger partial charge on any atom is 0.147 e. The van der Waals surface area contributed by atoms with E-state index in [-0.39, 0.29) is 12.2 Å². The highest BCUT2D eigenvalue weighted by atomic mass is 32.2. The van der Waals surface area contributed by atoms with Gasteiger partial charge >= 0.3 is 0 Å². The van der Waals surface area contributed by atoms with Crippen LogP contribution in [0.15, 0.2) is 24.3 Å². The van der Waals surface area contributed by atoms with Crippen LogP contribution < -0.4 is 4.74 Å². The van der Waals surface area contributed by atoms with Crippen molar-refractivity contribution in [2.45, 2.75) is 25.9 Å². The minimum Gasteiger partial charge on any atom is -0.493 e. The number of hydrogen-bond acceptors (Lipinski definition) is 4. The summed E-state index contributed by atoms with van der Waals surface area (Å²) in [7, 11) is -3.00. The maximum atomic E-state index is 10.9. The second-order valence-electron chi connectivity index (χ2n) is 4.53. The summed E-state index contributed by atoms with van der Waals surface area (Å²) in [6.45, 7) is 2.36. The molecule has 18 heavy (non-hydrogen) atoms. The molecule has 0 aliphatic rings. The van der Waals surface area contributed by atoms with Crippen molar-refractivity contribution in [1.29, 1.82) is 0 Å². The number of aliphatic hydroxyl groups excluding tert-OH is 1. The maximum absolute atomic E-state index is 10.9. The zero-order chi connectivity index (χ0) is 13.6. The standard InChI is InChI=1S/C13H20O4S/c1-11-4-3-5-13(10-11)17-8-6-12(14)7-9-18(2,15)16/h3-5,10,12,14H,6-9H2,1-2H3. The van der Waals surface area contributed by atoms with Gasteiger partial charge in [-0.1, -0.05) is 12.1 Å². The van der Waals surface area contributed by atoms with Crippen LogP contribution in [0.2, 0.25) is 0 Å². The number of ether oxygens (including phenoxy) is 1. The van der Waals surface area contributed by atoms with E-state index in [1.54, 1.807) is 0 Å². The molecule has 0 saturated carbocycles. The highest BCUT2D eigenvalue weighted by Gasteiger charge is 2.09. The SMILES string of the molecule is Cc1cccc(OCCC(O)CCS(C)(=O)=O)c1. The average molecular weight is 272 g/mol. The van der Waals surface area contributed by atoms with Crippen LogP contribution in [0.5, 0.6) is 5.75 Å². The Morgan fingerprint density at radius 1 is 1.33 bits per heavy atom. The van der Waals surface area contributed by atoms with Gasteiger partial charge in [0.15, 0.2) is 0 Å². The van der Waals surface area contributed by atoms with Gasteiger partial charge in [-0.3, -0.25) is 0 Å². The minimum atomic E-state index is -3.00. The van der Waals surface area contributed by atoms with Crippen LogP contribution in [0.3, 0.4) is 0 Å². The number of sulfone groups is 1. The predicted octanol–water partition coefficient (Wildman–Crippen LogP) is 1.56. The quantitative estimate of drug-likeness (QED) is 0.818. The summed E-state index contributed by atoms with van der Waals surface area (Å²) in [5.41, 5.74) is 1.12. The fourth-order valence-corrected chi connectivity index (χ4v) is 2.21. The van der Waals surface area contributed by atoms with Crippen molar-refractivity contribution in [3.63, 3.8) is 0 Å². The highest BCUT2D eigenvalue weighted by Crippen LogP contribution is 2.13. The Morgan fingerprint density at radius 3 is 2.67 bits per heavy atom.